The van der Waals surface area contributed by atoms with Crippen molar-refractivity contribution in [2.45, 2.75) is 25.4 Å². The van der Waals surface area contributed by atoms with Crippen molar-refractivity contribution >= 4 is 33.5 Å². The van der Waals surface area contributed by atoms with Gasteiger partial charge in [0, 0.05) is 24.1 Å². The molecule has 29 heavy (non-hydrogen) atoms. The summed E-state index contributed by atoms with van der Waals surface area (Å²) < 4.78 is 1.10. The van der Waals surface area contributed by atoms with E-state index < -0.39 is 0 Å². The third-order valence-corrected chi connectivity index (χ3v) is 5.92. The molecule has 0 saturated carbocycles. The number of aromatic nitrogens is 2. The predicted molar refractivity (Wildman–Crippen MR) is 120 cm³/mol. The highest BCUT2D eigenvalue weighted by atomic mass is 79.9. The second-order valence-electron chi connectivity index (χ2n) is 7.46. The summed E-state index contributed by atoms with van der Waals surface area (Å²) in [6, 6.07) is 19.2. The van der Waals surface area contributed by atoms with Crippen LogP contribution in [-0.4, -0.2) is 23.1 Å². The molecule has 0 amide bonds. The van der Waals surface area contributed by atoms with Crippen molar-refractivity contribution in [1.82, 2.24) is 15.4 Å². The number of hydrazine groups is 1. The third kappa shape index (κ3) is 3.93. The highest BCUT2D eigenvalue weighted by Gasteiger charge is 2.34. The van der Waals surface area contributed by atoms with Gasteiger partial charge in [0.1, 0.15) is 5.82 Å². The third-order valence-electron chi connectivity index (χ3n) is 5.43. The molecule has 148 valence electrons. The van der Waals surface area contributed by atoms with Crippen LogP contribution in [0, 0.1) is 0 Å². The van der Waals surface area contributed by atoms with Gasteiger partial charge in [-0.1, -0.05) is 58.4 Å². The molecule has 1 aromatic heterocycles. The number of nitrogens with zero attached hydrogens (tertiary/aromatic N) is 3. The maximum Gasteiger partial charge on any atom is 0.226 e. The van der Waals surface area contributed by atoms with Crippen LogP contribution in [0.15, 0.2) is 59.1 Å². The maximum atomic E-state index is 4.91. The molecular formula is C22H23BrN6. The zero-order valence-corrected chi connectivity index (χ0v) is 17.6. The van der Waals surface area contributed by atoms with E-state index in [-0.39, 0.29) is 6.04 Å². The summed E-state index contributed by atoms with van der Waals surface area (Å²) in [5.74, 6) is 2.59. The predicted octanol–water partition coefficient (Wildman–Crippen LogP) is 4.28. The molecule has 2 aliphatic rings. The van der Waals surface area contributed by atoms with Crippen molar-refractivity contribution in [3.05, 3.63) is 75.8 Å². The van der Waals surface area contributed by atoms with Gasteiger partial charge in [-0.15, -0.1) is 0 Å². The Morgan fingerprint density at radius 3 is 2.79 bits per heavy atom. The standard InChI is InChI=1S/C22H23BrN6/c23-17-8-4-7-15(13-17)9-11-24-22-25-20-19-18(27-28-20)10-12-29(21(19)26-22)14-16-5-2-1-3-6-16/h1-8,13,18,27H,9-12,14H2,(H2,24,25,26,28). The molecule has 2 aliphatic heterocycles. The normalized spacial score (nSPS) is 17.0. The SMILES string of the molecule is Brc1cccc(CCNc2nc3c4c(n2)N(Cc2ccccc2)CCC4NN3)c1. The van der Waals surface area contributed by atoms with Crippen LogP contribution < -0.4 is 21.1 Å². The number of halogens is 1. The molecule has 0 bridgehead atoms. The topological polar surface area (TPSA) is 65.1 Å². The van der Waals surface area contributed by atoms with Gasteiger partial charge in [0.25, 0.3) is 0 Å². The molecule has 2 aromatic carbocycles. The van der Waals surface area contributed by atoms with E-state index in [2.05, 4.69) is 85.5 Å². The van der Waals surface area contributed by atoms with Crippen LogP contribution >= 0.6 is 15.9 Å². The molecule has 6 nitrogen and oxygen atoms in total. The molecule has 5 rings (SSSR count). The van der Waals surface area contributed by atoms with Gasteiger partial charge in [0.15, 0.2) is 5.82 Å². The van der Waals surface area contributed by atoms with Crippen molar-refractivity contribution in [2.24, 2.45) is 0 Å². The summed E-state index contributed by atoms with van der Waals surface area (Å²) >= 11 is 3.53. The number of hydrogen-bond acceptors (Lipinski definition) is 6. The first-order chi connectivity index (χ1) is 14.3. The van der Waals surface area contributed by atoms with E-state index in [0.717, 1.165) is 48.6 Å². The van der Waals surface area contributed by atoms with Crippen LogP contribution in [0.4, 0.5) is 17.6 Å². The van der Waals surface area contributed by atoms with Crippen LogP contribution in [0.1, 0.15) is 29.2 Å². The summed E-state index contributed by atoms with van der Waals surface area (Å²) in [5.41, 5.74) is 10.4. The van der Waals surface area contributed by atoms with Crippen molar-refractivity contribution in [2.75, 3.05) is 28.7 Å². The van der Waals surface area contributed by atoms with Crippen LogP contribution in [0.3, 0.4) is 0 Å². The Hall–Kier alpha value is -2.64. The van der Waals surface area contributed by atoms with E-state index in [1.807, 2.05) is 6.07 Å². The molecule has 3 heterocycles. The van der Waals surface area contributed by atoms with Gasteiger partial charge in [-0.3, -0.25) is 0 Å². The zero-order valence-electron chi connectivity index (χ0n) is 16.0. The minimum atomic E-state index is 0.280. The average Bonchev–Trinajstić information content (AvgIpc) is 3.15. The second kappa shape index (κ2) is 8.00. The van der Waals surface area contributed by atoms with Crippen molar-refractivity contribution in [3.8, 4) is 0 Å². The number of rotatable bonds is 6. The summed E-state index contributed by atoms with van der Waals surface area (Å²) in [5, 5.41) is 3.41. The van der Waals surface area contributed by atoms with Gasteiger partial charge in [-0.2, -0.15) is 9.97 Å². The molecule has 0 aliphatic carbocycles. The van der Waals surface area contributed by atoms with Crippen LogP contribution in [0.5, 0.6) is 0 Å². The first-order valence-electron chi connectivity index (χ1n) is 9.97. The van der Waals surface area contributed by atoms with Crippen LogP contribution in [0.25, 0.3) is 0 Å². The quantitative estimate of drug-likeness (QED) is 0.520. The lowest BCUT2D eigenvalue weighted by Gasteiger charge is -2.32. The second-order valence-corrected chi connectivity index (χ2v) is 8.37. The highest BCUT2D eigenvalue weighted by Crippen LogP contribution is 2.41. The Morgan fingerprint density at radius 2 is 1.93 bits per heavy atom. The molecule has 7 heteroatoms. The van der Waals surface area contributed by atoms with E-state index >= 15 is 0 Å². The lowest BCUT2D eigenvalue weighted by Crippen LogP contribution is -2.34. The average molecular weight is 451 g/mol. The van der Waals surface area contributed by atoms with Gasteiger partial charge in [0.2, 0.25) is 5.95 Å². The number of benzene rings is 2. The van der Waals surface area contributed by atoms with Crippen molar-refractivity contribution in [3.63, 3.8) is 0 Å². The lowest BCUT2D eigenvalue weighted by molar-refractivity contribution is 0.534. The minimum Gasteiger partial charge on any atom is -0.354 e. The Balaban J connectivity index is 1.35. The van der Waals surface area contributed by atoms with Gasteiger partial charge in [-0.25, -0.2) is 5.43 Å². The number of nitrogens with one attached hydrogen (secondary N) is 3. The summed E-state index contributed by atoms with van der Waals surface area (Å²) in [6.45, 7) is 2.61. The summed E-state index contributed by atoms with van der Waals surface area (Å²) in [4.78, 5) is 12.0. The minimum absolute atomic E-state index is 0.280. The zero-order chi connectivity index (χ0) is 19.6. The van der Waals surface area contributed by atoms with Crippen LogP contribution in [0.2, 0.25) is 0 Å². The summed E-state index contributed by atoms with van der Waals surface area (Å²) in [6.07, 6.45) is 1.95. The van der Waals surface area contributed by atoms with Gasteiger partial charge in [0.05, 0.1) is 11.6 Å². The smallest absolute Gasteiger partial charge is 0.226 e. The molecular weight excluding hydrogens is 428 g/mol. The fourth-order valence-electron chi connectivity index (χ4n) is 4.00. The monoisotopic (exact) mass is 450 g/mol. The molecule has 0 fully saturated rings. The molecule has 0 spiro atoms. The molecule has 0 radical (unpaired) electrons. The fraction of sp³-hybridized carbons (Fsp3) is 0.273. The van der Waals surface area contributed by atoms with E-state index in [0.29, 0.717) is 5.95 Å². The highest BCUT2D eigenvalue weighted by molar-refractivity contribution is 9.10. The van der Waals surface area contributed by atoms with E-state index in [9.17, 15) is 0 Å². The maximum absolute atomic E-state index is 4.91. The summed E-state index contributed by atoms with van der Waals surface area (Å²) in [7, 11) is 0. The number of anilines is 3. The van der Waals surface area contributed by atoms with Gasteiger partial charge >= 0.3 is 0 Å². The molecule has 0 saturated heterocycles. The van der Waals surface area contributed by atoms with Gasteiger partial charge in [-0.05, 0) is 36.1 Å². The van der Waals surface area contributed by atoms with E-state index in [4.69, 9.17) is 9.97 Å². The van der Waals surface area contributed by atoms with Gasteiger partial charge < -0.3 is 15.6 Å². The Morgan fingerprint density at radius 1 is 1.07 bits per heavy atom. The first kappa shape index (κ1) is 18.4. The Kier molecular flexibility index (Phi) is 5.08. The molecule has 1 unspecified atom stereocenters. The Labute approximate surface area is 178 Å². The van der Waals surface area contributed by atoms with Crippen molar-refractivity contribution < 1.29 is 0 Å². The molecule has 3 N–H and O–H groups in total. The van der Waals surface area contributed by atoms with E-state index in [1.54, 1.807) is 0 Å². The Bertz CT molecular complexity index is 1010. The largest absolute Gasteiger partial charge is 0.354 e. The first-order valence-corrected chi connectivity index (χ1v) is 10.8. The lowest BCUT2D eigenvalue weighted by atomic mass is 10.0. The number of hydrogen-bond donors (Lipinski definition) is 3. The van der Waals surface area contributed by atoms with Crippen LogP contribution in [-0.2, 0) is 13.0 Å². The molecule has 3 aromatic rings. The fourth-order valence-corrected chi connectivity index (χ4v) is 4.44. The molecule has 1 atom stereocenters. The van der Waals surface area contributed by atoms with Crippen molar-refractivity contribution in [1.29, 1.82) is 0 Å². The van der Waals surface area contributed by atoms with E-state index in [1.165, 1.54) is 16.7 Å².